The van der Waals surface area contributed by atoms with Crippen LogP contribution in [-0.4, -0.2) is 5.11 Å². The summed E-state index contributed by atoms with van der Waals surface area (Å²) in [5, 5.41) is 10.9. The predicted molar refractivity (Wildman–Crippen MR) is 80.0 cm³/mol. The number of benzene rings is 1. The van der Waals surface area contributed by atoms with Crippen molar-refractivity contribution >= 4 is 54.8 Å². The van der Waals surface area contributed by atoms with Crippen molar-refractivity contribution in [3.63, 3.8) is 0 Å². The molecule has 1 aromatic carbocycles. The Labute approximate surface area is 126 Å². The summed E-state index contributed by atoms with van der Waals surface area (Å²) in [6.45, 7) is 2.01. The van der Waals surface area contributed by atoms with E-state index < -0.39 is 6.10 Å². The average Bonchev–Trinajstić information content (AvgIpc) is 2.58. The molecule has 5 heteroatoms. The molecule has 0 saturated heterocycles. The van der Waals surface area contributed by atoms with E-state index in [4.69, 9.17) is 11.6 Å². The van der Waals surface area contributed by atoms with E-state index in [2.05, 4.69) is 31.9 Å². The molecule has 0 aliphatic rings. The van der Waals surface area contributed by atoms with E-state index in [1.807, 2.05) is 25.1 Å². The number of rotatable bonds is 2. The normalized spacial score (nSPS) is 12.8. The number of hydrogen-bond donors (Lipinski definition) is 1. The van der Waals surface area contributed by atoms with Crippen molar-refractivity contribution in [2.75, 3.05) is 0 Å². The second-order valence-corrected chi connectivity index (χ2v) is 7.09. The minimum Gasteiger partial charge on any atom is -0.383 e. The Balaban J connectivity index is 2.39. The Kier molecular flexibility index (Phi) is 4.31. The molecule has 1 unspecified atom stereocenters. The first-order valence-electron chi connectivity index (χ1n) is 4.88. The molecule has 1 N–H and O–H groups in total. The van der Waals surface area contributed by atoms with Crippen LogP contribution in [0.5, 0.6) is 0 Å². The Morgan fingerprint density at radius 3 is 2.53 bits per heavy atom. The zero-order chi connectivity index (χ0) is 12.6. The summed E-state index contributed by atoms with van der Waals surface area (Å²) < 4.78 is 1.92. The van der Waals surface area contributed by atoms with Gasteiger partial charge in [0, 0.05) is 29.3 Å². The molecule has 90 valence electrons. The SMILES string of the molecule is Cc1sc(C(O)c2ccc(Br)cc2Cl)cc1Br. The molecule has 0 bridgehead atoms. The topological polar surface area (TPSA) is 20.2 Å². The highest BCUT2D eigenvalue weighted by atomic mass is 79.9. The number of hydrogen-bond acceptors (Lipinski definition) is 2. The summed E-state index contributed by atoms with van der Waals surface area (Å²) in [5.41, 5.74) is 0.726. The number of aryl methyl sites for hydroxylation is 1. The van der Waals surface area contributed by atoms with Crippen LogP contribution in [0.1, 0.15) is 21.4 Å². The van der Waals surface area contributed by atoms with Crippen LogP contribution in [-0.2, 0) is 0 Å². The van der Waals surface area contributed by atoms with Gasteiger partial charge in [-0.25, -0.2) is 0 Å². The van der Waals surface area contributed by atoms with Gasteiger partial charge >= 0.3 is 0 Å². The lowest BCUT2D eigenvalue weighted by Crippen LogP contribution is -1.97. The first-order chi connectivity index (χ1) is 7.99. The maximum atomic E-state index is 10.3. The van der Waals surface area contributed by atoms with Crippen molar-refractivity contribution in [2.24, 2.45) is 0 Å². The fourth-order valence-electron chi connectivity index (χ4n) is 1.49. The predicted octanol–water partition coefficient (Wildman–Crippen LogP) is 5.32. The number of aliphatic hydroxyl groups excluding tert-OH is 1. The Morgan fingerprint density at radius 1 is 1.29 bits per heavy atom. The number of thiophene rings is 1. The quantitative estimate of drug-likeness (QED) is 0.729. The Morgan fingerprint density at radius 2 is 2.00 bits per heavy atom. The van der Waals surface area contributed by atoms with E-state index >= 15 is 0 Å². The highest BCUT2D eigenvalue weighted by Gasteiger charge is 2.17. The van der Waals surface area contributed by atoms with E-state index in [-0.39, 0.29) is 0 Å². The summed E-state index contributed by atoms with van der Waals surface area (Å²) >= 11 is 14.5. The lowest BCUT2D eigenvalue weighted by atomic mass is 10.1. The summed E-state index contributed by atoms with van der Waals surface area (Å²) in [6, 6.07) is 7.43. The summed E-state index contributed by atoms with van der Waals surface area (Å²) in [5.74, 6) is 0. The van der Waals surface area contributed by atoms with Crippen LogP contribution in [0.4, 0.5) is 0 Å². The van der Waals surface area contributed by atoms with E-state index in [1.165, 1.54) is 0 Å². The lowest BCUT2D eigenvalue weighted by Gasteiger charge is -2.11. The minimum atomic E-state index is -0.675. The molecule has 2 aromatic rings. The van der Waals surface area contributed by atoms with Gasteiger partial charge in [-0.05, 0) is 41.1 Å². The number of aliphatic hydroxyl groups is 1. The van der Waals surface area contributed by atoms with Crippen molar-refractivity contribution in [2.45, 2.75) is 13.0 Å². The molecule has 0 amide bonds. The second-order valence-electron chi connectivity index (χ2n) is 3.62. The zero-order valence-corrected chi connectivity index (χ0v) is 13.6. The molecule has 0 radical (unpaired) electrons. The van der Waals surface area contributed by atoms with Crippen LogP contribution in [0.2, 0.25) is 5.02 Å². The van der Waals surface area contributed by atoms with Crippen molar-refractivity contribution in [3.8, 4) is 0 Å². The third kappa shape index (κ3) is 2.93. The maximum absolute atomic E-state index is 10.3. The molecule has 0 spiro atoms. The highest BCUT2D eigenvalue weighted by Crippen LogP contribution is 2.36. The summed E-state index contributed by atoms with van der Waals surface area (Å²) in [4.78, 5) is 2.03. The molecule has 2 rings (SSSR count). The average molecular weight is 397 g/mol. The molecule has 1 nitrogen and oxygen atoms in total. The third-order valence-corrected chi connectivity index (χ3v) is 5.41. The molecule has 1 heterocycles. The van der Waals surface area contributed by atoms with Gasteiger partial charge in [-0.15, -0.1) is 11.3 Å². The first-order valence-corrected chi connectivity index (χ1v) is 7.66. The van der Waals surface area contributed by atoms with Gasteiger partial charge in [0.15, 0.2) is 0 Å². The van der Waals surface area contributed by atoms with Gasteiger partial charge in [0.2, 0.25) is 0 Å². The molecular weight excluding hydrogens is 387 g/mol. The van der Waals surface area contributed by atoms with E-state index in [0.29, 0.717) is 5.02 Å². The second kappa shape index (κ2) is 5.41. The van der Waals surface area contributed by atoms with Crippen molar-refractivity contribution < 1.29 is 5.11 Å². The van der Waals surface area contributed by atoms with Gasteiger partial charge in [-0.2, -0.15) is 0 Å². The van der Waals surface area contributed by atoms with Gasteiger partial charge < -0.3 is 5.11 Å². The van der Waals surface area contributed by atoms with Crippen LogP contribution >= 0.6 is 54.8 Å². The summed E-state index contributed by atoms with van der Waals surface area (Å²) in [6.07, 6.45) is -0.675. The van der Waals surface area contributed by atoms with Crippen LogP contribution < -0.4 is 0 Å². The molecule has 0 aliphatic carbocycles. The highest BCUT2D eigenvalue weighted by molar-refractivity contribution is 9.10. The standard InChI is InChI=1S/C12H9Br2ClOS/c1-6-9(14)5-11(17-6)12(16)8-3-2-7(13)4-10(8)15/h2-5,12,16H,1H3. The van der Waals surface area contributed by atoms with Gasteiger partial charge in [-0.3, -0.25) is 0 Å². The van der Waals surface area contributed by atoms with Crippen molar-refractivity contribution in [1.29, 1.82) is 0 Å². The van der Waals surface area contributed by atoms with E-state index in [0.717, 1.165) is 24.3 Å². The molecule has 1 atom stereocenters. The molecule has 1 aromatic heterocycles. The minimum absolute atomic E-state index is 0.564. The molecule has 0 saturated carbocycles. The van der Waals surface area contributed by atoms with Gasteiger partial charge in [0.25, 0.3) is 0 Å². The first kappa shape index (κ1) is 13.6. The molecule has 0 aliphatic heterocycles. The Bertz CT molecular complexity index is 534. The zero-order valence-electron chi connectivity index (χ0n) is 8.88. The molecular formula is C12H9Br2ClOS. The van der Waals surface area contributed by atoms with Crippen LogP contribution in [0.15, 0.2) is 33.2 Å². The van der Waals surface area contributed by atoms with Crippen LogP contribution in [0.3, 0.4) is 0 Å². The van der Waals surface area contributed by atoms with Crippen LogP contribution in [0, 0.1) is 6.92 Å². The Hall–Kier alpha value is 0.130. The maximum Gasteiger partial charge on any atom is 0.115 e. The van der Waals surface area contributed by atoms with Crippen molar-refractivity contribution in [1.82, 2.24) is 0 Å². The fraction of sp³-hybridized carbons (Fsp3) is 0.167. The van der Waals surface area contributed by atoms with Gasteiger partial charge in [-0.1, -0.05) is 33.6 Å². The lowest BCUT2D eigenvalue weighted by molar-refractivity contribution is 0.224. The van der Waals surface area contributed by atoms with Crippen molar-refractivity contribution in [3.05, 3.63) is 53.6 Å². The summed E-state index contributed by atoms with van der Waals surface area (Å²) in [7, 11) is 0. The molecule has 0 fully saturated rings. The van der Waals surface area contributed by atoms with E-state index in [1.54, 1.807) is 17.4 Å². The van der Waals surface area contributed by atoms with Gasteiger partial charge in [0.1, 0.15) is 6.10 Å². The van der Waals surface area contributed by atoms with Gasteiger partial charge in [0.05, 0.1) is 0 Å². The van der Waals surface area contributed by atoms with E-state index in [9.17, 15) is 5.11 Å². The smallest absolute Gasteiger partial charge is 0.115 e. The largest absolute Gasteiger partial charge is 0.383 e. The third-order valence-electron chi connectivity index (χ3n) is 2.40. The van der Waals surface area contributed by atoms with Crippen LogP contribution in [0.25, 0.3) is 0 Å². The fourth-order valence-corrected chi connectivity index (χ4v) is 3.84. The monoisotopic (exact) mass is 394 g/mol. The number of halogens is 3. The molecule has 17 heavy (non-hydrogen) atoms.